The summed E-state index contributed by atoms with van der Waals surface area (Å²) in [7, 11) is -3.00. The highest BCUT2D eigenvalue weighted by atomic mass is 32.2. The van der Waals surface area contributed by atoms with Crippen LogP contribution in [0.5, 0.6) is 0 Å². The van der Waals surface area contributed by atoms with E-state index < -0.39 is 9.84 Å². The second kappa shape index (κ2) is 6.50. The van der Waals surface area contributed by atoms with Gasteiger partial charge >= 0.3 is 0 Å². The zero-order chi connectivity index (χ0) is 13.6. The molecule has 0 spiro atoms. The Morgan fingerprint density at radius 2 is 2.22 bits per heavy atom. The van der Waals surface area contributed by atoms with Gasteiger partial charge in [0, 0.05) is 32.0 Å². The third-order valence-corrected chi connectivity index (χ3v) is 3.26. The van der Waals surface area contributed by atoms with Gasteiger partial charge in [-0.2, -0.15) is 5.10 Å². The fourth-order valence-corrected chi connectivity index (χ4v) is 2.04. The number of sulfone groups is 1. The van der Waals surface area contributed by atoms with E-state index in [-0.39, 0.29) is 11.3 Å². The van der Waals surface area contributed by atoms with Crippen molar-refractivity contribution in [1.29, 1.82) is 0 Å². The van der Waals surface area contributed by atoms with E-state index in [0.29, 0.717) is 31.7 Å². The second-order valence-corrected chi connectivity index (χ2v) is 6.26. The van der Waals surface area contributed by atoms with Gasteiger partial charge < -0.3 is 11.1 Å². The average Bonchev–Trinajstić information content (AvgIpc) is 2.27. The number of nitrogens with one attached hydrogen (secondary N) is 1. The van der Waals surface area contributed by atoms with Crippen LogP contribution in [0.3, 0.4) is 0 Å². The van der Waals surface area contributed by atoms with Crippen LogP contribution in [-0.2, 0) is 16.4 Å². The summed E-state index contributed by atoms with van der Waals surface area (Å²) in [6.45, 7) is 1.33. The molecule has 0 amide bonds. The molecule has 1 aromatic heterocycles. The van der Waals surface area contributed by atoms with E-state index in [2.05, 4.69) is 10.4 Å². The highest BCUT2D eigenvalue weighted by molar-refractivity contribution is 7.90. The third kappa shape index (κ3) is 5.28. The van der Waals surface area contributed by atoms with Gasteiger partial charge in [0.2, 0.25) is 0 Å². The lowest BCUT2D eigenvalue weighted by Crippen LogP contribution is -2.24. The Balaban J connectivity index is 2.60. The van der Waals surface area contributed by atoms with Crippen LogP contribution in [0.15, 0.2) is 17.1 Å². The predicted molar refractivity (Wildman–Crippen MR) is 70.4 cm³/mol. The normalized spacial score (nSPS) is 11.4. The molecule has 0 aliphatic rings. The number of nitrogens with two attached hydrogens (primary N) is 1. The van der Waals surface area contributed by atoms with E-state index in [4.69, 9.17) is 5.73 Å². The summed E-state index contributed by atoms with van der Waals surface area (Å²) in [6, 6.07) is 1.42. The molecule has 1 rings (SSSR count). The van der Waals surface area contributed by atoms with Crippen molar-refractivity contribution in [3.05, 3.63) is 22.6 Å². The number of nitrogens with zero attached hydrogens (tertiary/aromatic N) is 2. The van der Waals surface area contributed by atoms with Crippen LogP contribution in [0.4, 0.5) is 5.69 Å². The zero-order valence-electron chi connectivity index (χ0n) is 10.3. The lowest BCUT2D eigenvalue weighted by Gasteiger charge is -2.06. The number of aryl methyl sites for hydroxylation is 1. The highest BCUT2D eigenvalue weighted by Crippen LogP contribution is 1.99. The molecule has 0 aromatic carbocycles. The monoisotopic (exact) mass is 274 g/mol. The number of aromatic nitrogens is 2. The Labute approximate surface area is 106 Å². The molecule has 0 radical (unpaired) electrons. The number of hydrogen-bond acceptors (Lipinski definition) is 6. The first-order chi connectivity index (χ1) is 8.42. The Kier molecular flexibility index (Phi) is 5.29. The summed E-state index contributed by atoms with van der Waals surface area (Å²) < 4.78 is 23.1. The molecule has 0 atom stereocenters. The Bertz CT molecular complexity index is 538. The van der Waals surface area contributed by atoms with E-state index >= 15 is 0 Å². The van der Waals surface area contributed by atoms with Gasteiger partial charge in [-0.1, -0.05) is 0 Å². The summed E-state index contributed by atoms with van der Waals surface area (Å²) in [6.07, 6.45) is 3.07. The molecule has 0 saturated carbocycles. The Hall–Kier alpha value is -1.41. The second-order valence-electron chi connectivity index (χ2n) is 4.00. The lowest BCUT2D eigenvalue weighted by atomic mass is 10.4. The van der Waals surface area contributed by atoms with Gasteiger partial charge in [-0.05, 0) is 6.42 Å². The van der Waals surface area contributed by atoms with E-state index in [0.717, 1.165) is 0 Å². The summed E-state index contributed by atoms with van der Waals surface area (Å²) in [5.74, 6) is 0.0499. The Morgan fingerprint density at radius 3 is 2.78 bits per heavy atom. The van der Waals surface area contributed by atoms with Crippen LogP contribution in [0.25, 0.3) is 0 Å². The van der Waals surface area contributed by atoms with Crippen LogP contribution in [0, 0.1) is 0 Å². The lowest BCUT2D eigenvalue weighted by molar-refractivity contribution is 0.557. The van der Waals surface area contributed by atoms with Gasteiger partial charge in [0.05, 0.1) is 17.6 Å². The zero-order valence-corrected chi connectivity index (χ0v) is 11.1. The van der Waals surface area contributed by atoms with E-state index in [1.165, 1.54) is 23.2 Å². The van der Waals surface area contributed by atoms with Gasteiger partial charge in [0.15, 0.2) is 0 Å². The molecule has 0 bridgehead atoms. The maximum atomic E-state index is 11.6. The summed E-state index contributed by atoms with van der Waals surface area (Å²) >= 11 is 0. The first kappa shape index (κ1) is 14.7. The van der Waals surface area contributed by atoms with Crippen LogP contribution in [-0.4, -0.2) is 43.3 Å². The minimum Gasteiger partial charge on any atom is -0.382 e. The van der Waals surface area contributed by atoms with Crippen molar-refractivity contribution in [2.45, 2.75) is 13.0 Å². The third-order valence-electron chi connectivity index (χ3n) is 2.23. The fraction of sp³-hybridized carbons (Fsp3) is 0.600. The van der Waals surface area contributed by atoms with Crippen LogP contribution >= 0.6 is 0 Å². The topological polar surface area (TPSA) is 107 Å². The summed E-state index contributed by atoms with van der Waals surface area (Å²) in [5.41, 5.74) is 5.68. The van der Waals surface area contributed by atoms with Crippen LogP contribution < -0.4 is 16.6 Å². The number of rotatable bonds is 7. The van der Waals surface area contributed by atoms with E-state index in [1.54, 1.807) is 0 Å². The van der Waals surface area contributed by atoms with Crippen LogP contribution in [0.2, 0.25) is 0 Å². The van der Waals surface area contributed by atoms with Crippen molar-refractivity contribution in [1.82, 2.24) is 9.78 Å². The fourth-order valence-electron chi connectivity index (χ4n) is 1.39. The molecular weight excluding hydrogens is 256 g/mol. The Morgan fingerprint density at radius 1 is 1.50 bits per heavy atom. The first-order valence-corrected chi connectivity index (χ1v) is 7.67. The molecule has 0 fully saturated rings. The molecule has 7 nitrogen and oxygen atoms in total. The van der Waals surface area contributed by atoms with Crippen molar-refractivity contribution in [2.24, 2.45) is 5.73 Å². The van der Waals surface area contributed by atoms with Gasteiger partial charge in [0.1, 0.15) is 9.84 Å². The van der Waals surface area contributed by atoms with Crippen molar-refractivity contribution in [3.63, 3.8) is 0 Å². The summed E-state index contributed by atoms with van der Waals surface area (Å²) in [4.78, 5) is 11.6. The molecule has 0 aliphatic heterocycles. The molecule has 18 heavy (non-hydrogen) atoms. The maximum absolute atomic E-state index is 11.6. The minimum atomic E-state index is -3.00. The average molecular weight is 274 g/mol. The first-order valence-electron chi connectivity index (χ1n) is 5.61. The van der Waals surface area contributed by atoms with Gasteiger partial charge in [0.25, 0.3) is 5.56 Å². The van der Waals surface area contributed by atoms with Gasteiger partial charge in [-0.3, -0.25) is 4.79 Å². The van der Waals surface area contributed by atoms with Crippen molar-refractivity contribution >= 4 is 15.5 Å². The van der Waals surface area contributed by atoms with Gasteiger partial charge in [-0.25, -0.2) is 13.1 Å². The van der Waals surface area contributed by atoms with Crippen molar-refractivity contribution in [3.8, 4) is 0 Å². The molecule has 8 heteroatoms. The maximum Gasteiger partial charge on any atom is 0.268 e. The SMILES string of the molecule is CS(=O)(=O)CCCn1ncc(NCCN)cc1=O. The summed E-state index contributed by atoms with van der Waals surface area (Å²) in [5, 5.41) is 6.90. The quantitative estimate of drug-likeness (QED) is 0.664. The van der Waals surface area contributed by atoms with E-state index in [1.807, 2.05) is 0 Å². The highest BCUT2D eigenvalue weighted by Gasteiger charge is 2.04. The van der Waals surface area contributed by atoms with E-state index in [9.17, 15) is 13.2 Å². The molecular formula is C10H18N4O3S. The minimum absolute atomic E-state index is 0.0499. The molecule has 0 unspecified atom stereocenters. The molecule has 1 aromatic rings. The number of hydrogen-bond donors (Lipinski definition) is 2. The molecule has 3 N–H and O–H groups in total. The van der Waals surface area contributed by atoms with Crippen molar-refractivity contribution in [2.75, 3.05) is 30.4 Å². The molecule has 0 aliphatic carbocycles. The molecule has 1 heterocycles. The standard InChI is InChI=1S/C10H18N4O3S/c1-18(16,17)6-2-5-14-10(15)7-9(8-13-14)12-4-3-11/h7-8,12H,2-6,11H2,1H3. The molecule has 0 saturated heterocycles. The van der Waals surface area contributed by atoms with Crippen molar-refractivity contribution < 1.29 is 8.42 Å². The largest absolute Gasteiger partial charge is 0.382 e. The molecule has 102 valence electrons. The number of anilines is 1. The van der Waals surface area contributed by atoms with Crippen LogP contribution in [0.1, 0.15) is 6.42 Å². The smallest absolute Gasteiger partial charge is 0.268 e. The predicted octanol–water partition coefficient (Wildman–Crippen LogP) is -0.951. The van der Waals surface area contributed by atoms with Gasteiger partial charge in [-0.15, -0.1) is 0 Å².